The summed E-state index contributed by atoms with van der Waals surface area (Å²) in [6.45, 7) is 0.865. The molecule has 1 fully saturated rings. The number of nitriles is 1. The number of halogens is 2. The van der Waals surface area contributed by atoms with Crippen molar-refractivity contribution in [2.75, 3.05) is 18.5 Å². The number of carbonyl (C=O) groups excluding carboxylic acids is 1. The molecule has 0 unspecified atom stereocenters. The van der Waals surface area contributed by atoms with Crippen LogP contribution in [0.5, 0.6) is 0 Å². The normalized spacial score (nSPS) is 17.5. The van der Waals surface area contributed by atoms with Crippen LogP contribution in [0.1, 0.15) is 12.8 Å². The molecule has 6 heteroatoms. The van der Waals surface area contributed by atoms with Gasteiger partial charge in [-0.25, -0.2) is 0 Å². The number of amides is 1. The van der Waals surface area contributed by atoms with E-state index in [9.17, 15) is 10.1 Å². The minimum atomic E-state index is -1.00. The number of ether oxygens (including phenoxy) is 1. The molecule has 0 bridgehead atoms. The zero-order chi connectivity index (χ0) is 13.9. The molecule has 1 aromatic rings. The van der Waals surface area contributed by atoms with Crippen molar-refractivity contribution >= 4 is 39.1 Å². The van der Waals surface area contributed by atoms with E-state index in [0.717, 1.165) is 4.47 Å². The quantitative estimate of drug-likeness (QED) is 0.895. The fourth-order valence-electron chi connectivity index (χ4n) is 1.93. The summed E-state index contributed by atoms with van der Waals surface area (Å²) in [6, 6.07) is 7.26. The molecule has 0 saturated carbocycles. The summed E-state index contributed by atoms with van der Waals surface area (Å²) in [5, 5.41) is 12.5. The molecule has 1 aliphatic rings. The fourth-order valence-corrected chi connectivity index (χ4v) is 2.36. The van der Waals surface area contributed by atoms with Crippen LogP contribution >= 0.6 is 27.5 Å². The van der Waals surface area contributed by atoms with Gasteiger partial charge in [0.05, 0.1) is 11.1 Å². The summed E-state index contributed by atoms with van der Waals surface area (Å²) in [5.41, 5.74) is -0.419. The van der Waals surface area contributed by atoms with Crippen molar-refractivity contribution in [1.82, 2.24) is 0 Å². The van der Waals surface area contributed by atoms with Gasteiger partial charge in [-0.15, -0.1) is 0 Å². The van der Waals surface area contributed by atoms with Gasteiger partial charge in [-0.05, 0) is 47.0 Å². The topological polar surface area (TPSA) is 62.1 Å². The number of rotatable bonds is 2. The number of anilines is 1. The lowest BCUT2D eigenvalue weighted by Crippen LogP contribution is -2.39. The number of hydrogen-bond donors (Lipinski definition) is 1. The summed E-state index contributed by atoms with van der Waals surface area (Å²) < 4.78 is 5.96. The molecule has 0 aliphatic carbocycles. The predicted octanol–water partition coefficient (Wildman–Crippen LogP) is 3.36. The minimum Gasteiger partial charge on any atom is -0.381 e. The molecule has 0 radical (unpaired) electrons. The van der Waals surface area contributed by atoms with Gasteiger partial charge in [-0.3, -0.25) is 4.79 Å². The second-order valence-corrected chi connectivity index (χ2v) is 5.65. The van der Waals surface area contributed by atoms with Gasteiger partial charge in [0.15, 0.2) is 0 Å². The van der Waals surface area contributed by atoms with Crippen molar-refractivity contribution < 1.29 is 9.53 Å². The van der Waals surface area contributed by atoms with Crippen LogP contribution in [0.15, 0.2) is 22.7 Å². The SMILES string of the molecule is N#CC1(C(=O)Nc2ccc(Br)c(Cl)c2)CCOCC1. The van der Waals surface area contributed by atoms with E-state index in [1.165, 1.54) is 0 Å². The first kappa shape index (κ1) is 14.3. The van der Waals surface area contributed by atoms with E-state index in [4.69, 9.17) is 16.3 Å². The molecule has 1 aromatic carbocycles. The molecule has 0 aromatic heterocycles. The molecule has 2 rings (SSSR count). The molecular weight excluding hydrogens is 332 g/mol. The molecule has 1 saturated heterocycles. The van der Waals surface area contributed by atoms with E-state index < -0.39 is 5.41 Å². The predicted molar refractivity (Wildman–Crippen MR) is 75.9 cm³/mol. The Morgan fingerprint density at radius 2 is 2.16 bits per heavy atom. The average molecular weight is 344 g/mol. The van der Waals surface area contributed by atoms with E-state index in [0.29, 0.717) is 36.8 Å². The first-order valence-corrected chi connectivity index (χ1v) is 7.00. The van der Waals surface area contributed by atoms with Crippen molar-refractivity contribution in [2.45, 2.75) is 12.8 Å². The van der Waals surface area contributed by atoms with Gasteiger partial charge < -0.3 is 10.1 Å². The average Bonchev–Trinajstić information content (AvgIpc) is 2.43. The van der Waals surface area contributed by atoms with Crippen LogP contribution in [0.3, 0.4) is 0 Å². The molecular formula is C13H12BrClN2O2. The fraction of sp³-hybridized carbons (Fsp3) is 0.385. The molecule has 4 nitrogen and oxygen atoms in total. The lowest BCUT2D eigenvalue weighted by molar-refractivity contribution is -0.126. The van der Waals surface area contributed by atoms with Crippen molar-refractivity contribution in [3.63, 3.8) is 0 Å². The monoisotopic (exact) mass is 342 g/mol. The van der Waals surface area contributed by atoms with Crippen molar-refractivity contribution in [3.8, 4) is 6.07 Å². The Morgan fingerprint density at radius 1 is 1.47 bits per heavy atom. The summed E-state index contributed by atoms with van der Waals surface area (Å²) in [7, 11) is 0. The third kappa shape index (κ3) is 3.08. The maximum absolute atomic E-state index is 12.3. The van der Waals surface area contributed by atoms with E-state index in [-0.39, 0.29) is 5.91 Å². The first-order valence-electron chi connectivity index (χ1n) is 5.83. The number of hydrogen-bond acceptors (Lipinski definition) is 3. The van der Waals surface area contributed by atoms with Gasteiger partial charge >= 0.3 is 0 Å². The van der Waals surface area contributed by atoms with E-state index in [1.807, 2.05) is 0 Å². The highest BCUT2D eigenvalue weighted by atomic mass is 79.9. The van der Waals surface area contributed by atoms with Crippen LogP contribution in [0, 0.1) is 16.7 Å². The molecule has 0 spiro atoms. The Kier molecular flexibility index (Phi) is 4.46. The summed E-state index contributed by atoms with van der Waals surface area (Å²) in [6.07, 6.45) is 0.833. The summed E-state index contributed by atoms with van der Waals surface area (Å²) in [5.74, 6) is -0.295. The largest absolute Gasteiger partial charge is 0.381 e. The Balaban J connectivity index is 2.15. The van der Waals surface area contributed by atoms with E-state index >= 15 is 0 Å². The first-order chi connectivity index (χ1) is 9.07. The standard InChI is InChI=1S/C13H12BrClN2O2/c14-10-2-1-9(7-11(10)15)17-12(18)13(8-16)3-5-19-6-4-13/h1-2,7H,3-6H2,(H,17,18). The van der Waals surface area contributed by atoms with Gasteiger partial charge in [0.1, 0.15) is 5.41 Å². The van der Waals surface area contributed by atoms with Crippen LogP contribution in [-0.2, 0) is 9.53 Å². The number of nitrogens with zero attached hydrogens (tertiary/aromatic N) is 1. The summed E-state index contributed by atoms with van der Waals surface area (Å²) in [4.78, 5) is 12.3. The number of nitrogens with one attached hydrogen (secondary N) is 1. The van der Waals surface area contributed by atoms with E-state index in [1.54, 1.807) is 18.2 Å². The smallest absolute Gasteiger partial charge is 0.245 e. The maximum atomic E-state index is 12.3. The van der Waals surface area contributed by atoms with Crippen LogP contribution < -0.4 is 5.32 Å². The van der Waals surface area contributed by atoms with Crippen LogP contribution in [0.2, 0.25) is 5.02 Å². The van der Waals surface area contributed by atoms with Crippen molar-refractivity contribution in [3.05, 3.63) is 27.7 Å². The minimum absolute atomic E-state index is 0.295. The van der Waals surface area contributed by atoms with Crippen molar-refractivity contribution in [2.24, 2.45) is 5.41 Å². The lowest BCUT2D eigenvalue weighted by atomic mass is 9.81. The van der Waals surface area contributed by atoms with Gasteiger partial charge in [0.25, 0.3) is 0 Å². The highest BCUT2D eigenvalue weighted by Crippen LogP contribution is 2.32. The molecule has 1 aliphatic heterocycles. The van der Waals surface area contributed by atoms with Gasteiger partial charge in [-0.1, -0.05) is 11.6 Å². The van der Waals surface area contributed by atoms with E-state index in [2.05, 4.69) is 27.3 Å². The molecule has 19 heavy (non-hydrogen) atoms. The van der Waals surface area contributed by atoms with Gasteiger partial charge in [-0.2, -0.15) is 5.26 Å². The Morgan fingerprint density at radius 3 is 2.74 bits per heavy atom. The lowest BCUT2D eigenvalue weighted by Gasteiger charge is -2.29. The van der Waals surface area contributed by atoms with Gasteiger partial charge in [0, 0.05) is 23.4 Å². The van der Waals surface area contributed by atoms with Crippen LogP contribution in [0.4, 0.5) is 5.69 Å². The molecule has 1 heterocycles. The maximum Gasteiger partial charge on any atom is 0.245 e. The summed E-state index contributed by atoms with van der Waals surface area (Å²) >= 11 is 9.25. The van der Waals surface area contributed by atoms with Crippen molar-refractivity contribution in [1.29, 1.82) is 5.26 Å². The van der Waals surface area contributed by atoms with Gasteiger partial charge in [0.2, 0.25) is 5.91 Å². The van der Waals surface area contributed by atoms with Crippen LogP contribution in [-0.4, -0.2) is 19.1 Å². The Hall–Kier alpha value is -1.09. The second-order valence-electron chi connectivity index (χ2n) is 4.39. The molecule has 1 N–H and O–H groups in total. The van der Waals surface area contributed by atoms with Crippen LogP contribution in [0.25, 0.3) is 0 Å². The zero-order valence-corrected chi connectivity index (χ0v) is 12.4. The molecule has 1 amide bonds. The molecule has 0 atom stereocenters. The number of carbonyl (C=O) groups is 1. The molecule has 100 valence electrons. The second kappa shape index (κ2) is 5.91. The highest BCUT2D eigenvalue weighted by molar-refractivity contribution is 9.10. The number of benzene rings is 1. The third-order valence-electron chi connectivity index (χ3n) is 3.17. The Labute approximate surface area is 124 Å². The zero-order valence-electron chi connectivity index (χ0n) is 10.1. The third-order valence-corrected chi connectivity index (χ3v) is 4.40. The highest BCUT2D eigenvalue weighted by Gasteiger charge is 2.40. The Bertz CT molecular complexity index is 536.